The number of nitrogens with one attached hydrogen (secondary N) is 1. The molecule has 0 saturated carbocycles. The van der Waals surface area contributed by atoms with Gasteiger partial charge in [0.15, 0.2) is 0 Å². The van der Waals surface area contributed by atoms with Gasteiger partial charge in [0, 0.05) is 39.3 Å². The van der Waals surface area contributed by atoms with Crippen LogP contribution in [0.2, 0.25) is 0 Å². The summed E-state index contributed by atoms with van der Waals surface area (Å²) in [5.74, 6) is 0. The van der Waals surface area contributed by atoms with Crippen LogP contribution in [-0.2, 0) is 4.74 Å². The number of ether oxygens (including phenoxy) is 1. The van der Waals surface area contributed by atoms with Crippen LogP contribution in [-0.4, -0.2) is 79.0 Å². The van der Waals surface area contributed by atoms with E-state index in [0.29, 0.717) is 19.7 Å². The lowest BCUT2D eigenvalue weighted by Crippen LogP contribution is -2.65. The summed E-state index contributed by atoms with van der Waals surface area (Å²) in [6, 6.07) is 0. The van der Waals surface area contributed by atoms with Crippen molar-refractivity contribution in [1.82, 2.24) is 15.1 Å². The Morgan fingerprint density at radius 3 is 2.50 bits per heavy atom. The van der Waals surface area contributed by atoms with Gasteiger partial charge in [-0.15, -0.1) is 0 Å². The number of rotatable bonds is 2. The number of morpholine rings is 1. The summed E-state index contributed by atoms with van der Waals surface area (Å²) in [5.41, 5.74) is -0.535. The molecule has 0 aromatic carbocycles. The van der Waals surface area contributed by atoms with Crippen molar-refractivity contribution in [3.05, 3.63) is 0 Å². The molecule has 1 atom stereocenters. The number of hydrogen-bond donors (Lipinski definition) is 2. The molecule has 0 aromatic heterocycles. The number of carboxylic acid groups (broad SMARTS) is 1. The Kier molecular flexibility index (Phi) is 4.56. The molecule has 0 bridgehead atoms. The van der Waals surface area contributed by atoms with Gasteiger partial charge in [0.25, 0.3) is 0 Å². The lowest BCUT2D eigenvalue weighted by atomic mass is 9.74. The molecule has 116 valence electrons. The number of piperazine rings is 1. The fourth-order valence-corrected chi connectivity index (χ4v) is 2.96. The predicted molar refractivity (Wildman–Crippen MR) is 77.0 cm³/mol. The molecule has 6 heteroatoms. The Balaban J connectivity index is 2.14. The van der Waals surface area contributed by atoms with Gasteiger partial charge in [-0.3, -0.25) is 4.90 Å². The van der Waals surface area contributed by atoms with Gasteiger partial charge in [-0.1, -0.05) is 20.8 Å². The third kappa shape index (κ3) is 3.24. The standard InChI is InChI=1S/C14H27N3O3/c1-13(2,3)14(10-16-6-4-15-5-7-16)11-17(12(18)19)8-9-20-14/h15H,4-11H2,1-3H3,(H,18,19)/t14-/m0/s1. The van der Waals surface area contributed by atoms with Crippen LogP contribution >= 0.6 is 0 Å². The van der Waals surface area contributed by atoms with E-state index in [2.05, 4.69) is 31.0 Å². The predicted octanol–water partition coefficient (Wildman–Crippen LogP) is 0.687. The zero-order chi connectivity index (χ0) is 14.8. The Bertz CT molecular complexity index is 350. The smallest absolute Gasteiger partial charge is 0.407 e. The number of carbonyl (C=O) groups is 1. The second-order valence-corrected chi connectivity index (χ2v) is 6.82. The molecule has 2 aliphatic rings. The Hall–Kier alpha value is -0.850. The topological polar surface area (TPSA) is 65.0 Å². The van der Waals surface area contributed by atoms with Crippen molar-refractivity contribution in [3.8, 4) is 0 Å². The fourth-order valence-electron chi connectivity index (χ4n) is 2.96. The normalized spacial score (nSPS) is 29.4. The molecule has 2 saturated heterocycles. The highest BCUT2D eigenvalue weighted by Crippen LogP contribution is 2.37. The lowest BCUT2D eigenvalue weighted by molar-refractivity contribution is -0.170. The van der Waals surface area contributed by atoms with Gasteiger partial charge in [-0.2, -0.15) is 0 Å². The minimum atomic E-state index is -0.845. The monoisotopic (exact) mass is 285 g/mol. The maximum Gasteiger partial charge on any atom is 0.407 e. The molecule has 2 N–H and O–H groups in total. The molecule has 0 aromatic rings. The second-order valence-electron chi connectivity index (χ2n) is 6.82. The van der Waals surface area contributed by atoms with E-state index in [1.807, 2.05) is 0 Å². The van der Waals surface area contributed by atoms with Gasteiger partial charge < -0.3 is 20.1 Å². The van der Waals surface area contributed by atoms with Crippen LogP contribution in [0.15, 0.2) is 0 Å². The number of amides is 1. The van der Waals surface area contributed by atoms with Crippen LogP contribution in [0.5, 0.6) is 0 Å². The second kappa shape index (κ2) is 5.87. The number of nitrogens with zero attached hydrogens (tertiary/aromatic N) is 2. The van der Waals surface area contributed by atoms with Gasteiger partial charge in [0.1, 0.15) is 5.60 Å². The summed E-state index contributed by atoms with van der Waals surface area (Å²) >= 11 is 0. The first kappa shape index (κ1) is 15.5. The minimum absolute atomic E-state index is 0.105. The highest BCUT2D eigenvalue weighted by molar-refractivity contribution is 5.65. The molecule has 1 amide bonds. The molecule has 0 aliphatic carbocycles. The van der Waals surface area contributed by atoms with E-state index in [1.165, 1.54) is 4.90 Å². The SMILES string of the molecule is CC(C)(C)[C@]1(CN2CCNCC2)CN(C(=O)O)CCO1. The van der Waals surface area contributed by atoms with Gasteiger partial charge in [-0.25, -0.2) is 4.79 Å². The third-order valence-electron chi connectivity index (χ3n) is 4.51. The average Bonchev–Trinajstić information content (AvgIpc) is 2.39. The van der Waals surface area contributed by atoms with Crippen LogP contribution in [0.25, 0.3) is 0 Å². The van der Waals surface area contributed by atoms with E-state index < -0.39 is 11.7 Å². The van der Waals surface area contributed by atoms with E-state index in [1.54, 1.807) is 0 Å². The average molecular weight is 285 g/mol. The van der Waals surface area contributed by atoms with Crippen LogP contribution < -0.4 is 5.32 Å². The first-order valence-corrected chi connectivity index (χ1v) is 7.39. The maximum atomic E-state index is 11.3. The molecule has 20 heavy (non-hydrogen) atoms. The van der Waals surface area contributed by atoms with Crippen molar-refractivity contribution in [1.29, 1.82) is 0 Å². The Morgan fingerprint density at radius 2 is 1.95 bits per heavy atom. The van der Waals surface area contributed by atoms with Crippen LogP contribution in [0, 0.1) is 5.41 Å². The van der Waals surface area contributed by atoms with Gasteiger partial charge in [-0.05, 0) is 5.41 Å². The van der Waals surface area contributed by atoms with Crippen molar-refractivity contribution in [2.24, 2.45) is 5.41 Å². The summed E-state index contributed by atoms with van der Waals surface area (Å²) in [7, 11) is 0. The molecular weight excluding hydrogens is 258 g/mol. The minimum Gasteiger partial charge on any atom is -0.465 e. The van der Waals surface area contributed by atoms with Crippen molar-refractivity contribution < 1.29 is 14.6 Å². The van der Waals surface area contributed by atoms with Crippen LogP contribution in [0.4, 0.5) is 4.79 Å². The van der Waals surface area contributed by atoms with Gasteiger partial charge >= 0.3 is 6.09 Å². The molecule has 0 unspecified atom stereocenters. The molecule has 0 spiro atoms. The third-order valence-corrected chi connectivity index (χ3v) is 4.51. The summed E-state index contributed by atoms with van der Waals surface area (Å²) in [4.78, 5) is 15.2. The molecular formula is C14H27N3O3. The van der Waals surface area contributed by atoms with E-state index in [0.717, 1.165) is 32.7 Å². The van der Waals surface area contributed by atoms with Gasteiger partial charge in [0.05, 0.1) is 13.2 Å². The summed E-state index contributed by atoms with van der Waals surface area (Å²) < 4.78 is 6.15. The van der Waals surface area contributed by atoms with E-state index in [-0.39, 0.29) is 5.41 Å². The van der Waals surface area contributed by atoms with Gasteiger partial charge in [0.2, 0.25) is 0 Å². The first-order valence-electron chi connectivity index (χ1n) is 7.39. The molecule has 2 rings (SSSR count). The largest absolute Gasteiger partial charge is 0.465 e. The number of hydrogen-bond acceptors (Lipinski definition) is 4. The molecule has 2 aliphatic heterocycles. The van der Waals surface area contributed by atoms with E-state index in [9.17, 15) is 9.90 Å². The molecule has 0 radical (unpaired) electrons. The van der Waals surface area contributed by atoms with Crippen molar-refractivity contribution in [2.75, 3.05) is 52.4 Å². The molecule has 2 fully saturated rings. The first-order chi connectivity index (χ1) is 9.34. The fraction of sp³-hybridized carbons (Fsp3) is 0.929. The van der Waals surface area contributed by atoms with E-state index in [4.69, 9.17) is 4.74 Å². The zero-order valence-electron chi connectivity index (χ0n) is 12.8. The van der Waals surface area contributed by atoms with E-state index >= 15 is 0 Å². The van der Waals surface area contributed by atoms with Crippen LogP contribution in [0.3, 0.4) is 0 Å². The van der Waals surface area contributed by atoms with Crippen molar-refractivity contribution in [2.45, 2.75) is 26.4 Å². The maximum absolute atomic E-state index is 11.3. The zero-order valence-corrected chi connectivity index (χ0v) is 12.8. The van der Waals surface area contributed by atoms with Crippen LogP contribution in [0.1, 0.15) is 20.8 Å². The van der Waals surface area contributed by atoms with Crippen molar-refractivity contribution in [3.63, 3.8) is 0 Å². The highest BCUT2D eigenvalue weighted by Gasteiger charge is 2.48. The molecule has 2 heterocycles. The lowest BCUT2D eigenvalue weighted by Gasteiger charge is -2.51. The Morgan fingerprint density at radius 1 is 1.30 bits per heavy atom. The summed E-state index contributed by atoms with van der Waals surface area (Å²) in [6.45, 7) is 12.6. The van der Waals surface area contributed by atoms with Crippen molar-refractivity contribution >= 4 is 6.09 Å². The summed E-state index contributed by atoms with van der Waals surface area (Å²) in [6.07, 6.45) is -0.845. The summed E-state index contributed by atoms with van der Waals surface area (Å²) in [5, 5.41) is 12.6. The highest BCUT2D eigenvalue weighted by atomic mass is 16.5. The Labute approximate surface area is 121 Å². The quantitative estimate of drug-likeness (QED) is 0.781. The molecule has 6 nitrogen and oxygen atoms in total.